The third-order valence-electron chi connectivity index (χ3n) is 4.60. The smallest absolute Gasteiger partial charge is 0.450 e. The molecule has 0 fully saturated rings. The van der Waals surface area contributed by atoms with Gasteiger partial charge in [0.2, 0.25) is 0 Å². The van der Waals surface area contributed by atoms with E-state index in [2.05, 4.69) is 76.2 Å². The molecule has 0 aromatic rings. The second kappa shape index (κ2) is 7.99. The molecule has 0 unspecified atom stereocenters. The van der Waals surface area contributed by atoms with E-state index in [4.69, 9.17) is 11.4 Å². The molecule has 0 amide bonds. The molecule has 0 aromatic carbocycles. The first kappa shape index (κ1) is 22.4. The standard InChI is InChI=1S/C10H21O.2C4H9O.Al/c1-6-10(7-2,8-3)9(4,5)11;2*1-4(2,3)5;/h6-8H2,1-5H3;2*1-3H3;/q3*-1;+3. The molecule has 0 saturated carbocycles. The van der Waals surface area contributed by atoms with Crippen LogP contribution < -0.4 is 0 Å². The Morgan fingerprint density at radius 3 is 1.14 bits per heavy atom. The highest BCUT2D eigenvalue weighted by Gasteiger charge is 2.49. The third kappa shape index (κ3) is 6.89. The Morgan fingerprint density at radius 1 is 0.591 bits per heavy atom. The molecule has 0 aromatic heterocycles. The lowest BCUT2D eigenvalue weighted by molar-refractivity contribution is -0.109. The Kier molecular flexibility index (Phi) is 8.14. The zero-order valence-electron chi connectivity index (χ0n) is 16.9. The molecule has 4 heteroatoms. The van der Waals surface area contributed by atoms with Crippen molar-refractivity contribution in [2.75, 3.05) is 0 Å². The molecule has 0 bridgehead atoms. The summed E-state index contributed by atoms with van der Waals surface area (Å²) in [5.74, 6) is 0. The highest BCUT2D eigenvalue weighted by Crippen LogP contribution is 2.44. The molecule has 22 heavy (non-hydrogen) atoms. The molecule has 0 atom stereocenters. The van der Waals surface area contributed by atoms with Crippen LogP contribution in [0.4, 0.5) is 0 Å². The third-order valence-corrected chi connectivity index (χ3v) is 7.18. The summed E-state index contributed by atoms with van der Waals surface area (Å²) in [4.78, 5) is 0. The maximum Gasteiger partial charge on any atom is 0.906 e. The van der Waals surface area contributed by atoms with Crippen LogP contribution in [0.2, 0.25) is 0 Å². The molecular formula is C18H39AlO3. The lowest BCUT2D eigenvalue weighted by Gasteiger charge is -2.48. The largest absolute Gasteiger partial charge is 0.906 e. The normalized spacial score (nSPS) is 14.3. The second-order valence-electron chi connectivity index (χ2n) is 8.72. The Labute approximate surface area is 144 Å². The van der Waals surface area contributed by atoms with Gasteiger partial charge in [-0.1, -0.05) is 20.8 Å². The van der Waals surface area contributed by atoms with Crippen molar-refractivity contribution in [2.45, 2.75) is 112 Å². The SMILES string of the molecule is CCC(CC)(CC)C(C)(C)[O][Al]([O]C(C)(C)C)[O]C(C)(C)C. The van der Waals surface area contributed by atoms with Gasteiger partial charge in [-0.2, -0.15) is 0 Å². The van der Waals surface area contributed by atoms with Crippen LogP contribution in [-0.4, -0.2) is 32.0 Å². The van der Waals surface area contributed by atoms with Crippen LogP contribution in [-0.2, 0) is 11.4 Å². The van der Waals surface area contributed by atoms with Crippen LogP contribution in [0.1, 0.15) is 95.4 Å². The highest BCUT2D eigenvalue weighted by atomic mass is 27.3. The average molecular weight is 330 g/mol. The molecule has 0 rings (SSSR count). The lowest BCUT2D eigenvalue weighted by atomic mass is 9.68. The van der Waals surface area contributed by atoms with Gasteiger partial charge >= 0.3 is 15.1 Å². The summed E-state index contributed by atoms with van der Waals surface area (Å²) in [5.41, 5.74) is -0.629. The Morgan fingerprint density at radius 2 is 0.909 bits per heavy atom. The first-order valence-electron chi connectivity index (χ1n) is 8.75. The fraction of sp³-hybridized carbons (Fsp3) is 1.00. The van der Waals surface area contributed by atoms with Crippen molar-refractivity contribution in [1.29, 1.82) is 0 Å². The van der Waals surface area contributed by atoms with Crippen LogP contribution in [0, 0.1) is 5.41 Å². The van der Waals surface area contributed by atoms with Gasteiger partial charge in [0.05, 0.1) is 0 Å². The zero-order chi connectivity index (χ0) is 17.8. The van der Waals surface area contributed by atoms with E-state index in [0.29, 0.717) is 0 Å². The van der Waals surface area contributed by atoms with Gasteiger partial charge in [0.15, 0.2) is 0 Å². The van der Waals surface area contributed by atoms with E-state index >= 15 is 0 Å². The van der Waals surface area contributed by atoms with Crippen molar-refractivity contribution in [3.63, 3.8) is 0 Å². The number of hydrogen-bond donors (Lipinski definition) is 0. The fourth-order valence-electron chi connectivity index (χ4n) is 3.04. The second-order valence-corrected chi connectivity index (χ2v) is 10.0. The molecule has 3 nitrogen and oxygen atoms in total. The summed E-state index contributed by atoms with van der Waals surface area (Å²) in [6.45, 7) is 23.5. The first-order valence-corrected chi connectivity index (χ1v) is 10.2. The molecule has 0 saturated heterocycles. The molecule has 0 spiro atoms. The molecule has 0 heterocycles. The van der Waals surface area contributed by atoms with Gasteiger partial charge in [-0.05, 0) is 80.1 Å². The van der Waals surface area contributed by atoms with E-state index in [0.717, 1.165) is 19.3 Å². The van der Waals surface area contributed by atoms with Crippen molar-refractivity contribution in [2.24, 2.45) is 5.41 Å². The molecule has 0 aliphatic heterocycles. The van der Waals surface area contributed by atoms with Crippen LogP contribution in [0.15, 0.2) is 0 Å². The Bertz CT molecular complexity index is 298. The van der Waals surface area contributed by atoms with Crippen LogP contribution in [0.3, 0.4) is 0 Å². The van der Waals surface area contributed by atoms with Gasteiger partial charge in [-0.25, -0.2) is 0 Å². The molecule has 0 radical (unpaired) electrons. The molecule has 0 aliphatic carbocycles. The quantitative estimate of drug-likeness (QED) is 0.541. The summed E-state index contributed by atoms with van der Waals surface area (Å²) in [5, 5.41) is 0. The molecule has 0 N–H and O–H groups in total. The fourth-order valence-corrected chi connectivity index (χ4v) is 5.07. The van der Waals surface area contributed by atoms with Crippen LogP contribution in [0.25, 0.3) is 0 Å². The van der Waals surface area contributed by atoms with Gasteiger partial charge in [0, 0.05) is 16.8 Å². The topological polar surface area (TPSA) is 27.7 Å². The van der Waals surface area contributed by atoms with E-state index in [1.807, 2.05) is 0 Å². The summed E-state index contributed by atoms with van der Waals surface area (Å²) >= 11 is -2.25. The minimum Gasteiger partial charge on any atom is -0.450 e. The molecule has 132 valence electrons. The van der Waals surface area contributed by atoms with Gasteiger partial charge in [-0.15, -0.1) is 0 Å². The van der Waals surface area contributed by atoms with Gasteiger partial charge in [0.1, 0.15) is 0 Å². The van der Waals surface area contributed by atoms with Crippen molar-refractivity contribution >= 4 is 15.1 Å². The van der Waals surface area contributed by atoms with Crippen molar-refractivity contribution < 1.29 is 11.4 Å². The van der Waals surface area contributed by atoms with Crippen molar-refractivity contribution in [3.05, 3.63) is 0 Å². The van der Waals surface area contributed by atoms with Crippen LogP contribution in [0.5, 0.6) is 0 Å². The predicted octanol–water partition coefficient (Wildman–Crippen LogP) is 5.61. The lowest BCUT2D eigenvalue weighted by Crippen LogP contribution is -2.52. The predicted molar refractivity (Wildman–Crippen MR) is 95.9 cm³/mol. The number of rotatable bonds is 8. The van der Waals surface area contributed by atoms with Crippen molar-refractivity contribution in [1.82, 2.24) is 0 Å². The van der Waals surface area contributed by atoms with E-state index in [9.17, 15) is 0 Å². The highest BCUT2D eigenvalue weighted by molar-refractivity contribution is 6.36. The Hall–Kier alpha value is 0.412. The maximum atomic E-state index is 6.52. The van der Waals surface area contributed by atoms with Crippen molar-refractivity contribution in [3.8, 4) is 0 Å². The summed E-state index contributed by atoms with van der Waals surface area (Å²) in [6.07, 6.45) is 3.29. The Balaban J connectivity index is 5.34. The first-order chi connectivity index (χ1) is 9.72. The van der Waals surface area contributed by atoms with Crippen LogP contribution >= 0.6 is 0 Å². The molecular weight excluding hydrogens is 291 g/mol. The monoisotopic (exact) mass is 330 g/mol. The van der Waals surface area contributed by atoms with Gasteiger partial charge < -0.3 is 11.4 Å². The minimum absolute atomic E-state index is 0.154. The van der Waals surface area contributed by atoms with Gasteiger partial charge in [0.25, 0.3) is 0 Å². The maximum absolute atomic E-state index is 6.52. The van der Waals surface area contributed by atoms with E-state index in [1.165, 1.54) is 0 Å². The van der Waals surface area contributed by atoms with E-state index in [-0.39, 0.29) is 22.2 Å². The number of hydrogen-bond acceptors (Lipinski definition) is 3. The van der Waals surface area contributed by atoms with Gasteiger partial charge in [-0.3, -0.25) is 0 Å². The average Bonchev–Trinajstić information content (AvgIpc) is 2.25. The summed E-state index contributed by atoms with van der Waals surface area (Å²) in [6, 6.07) is 0. The van der Waals surface area contributed by atoms with E-state index < -0.39 is 15.1 Å². The summed E-state index contributed by atoms with van der Waals surface area (Å²) in [7, 11) is 0. The zero-order valence-corrected chi connectivity index (χ0v) is 18.1. The minimum atomic E-state index is -2.25. The van der Waals surface area contributed by atoms with E-state index in [1.54, 1.807) is 0 Å². The summed E-state index contributed by atoms with van der Waals surface area (Å²) < 4.78 is 18.9. The molecule has 0 aliphatic rings.